The molecule has 100 valence electrons. The van der Waals surface area contributed by atoms with Crippen LogP contribution in [0.2, 0.25) is 0 Å². The molecule has 2 unspecified atom stereocenters. The van der Waals surface area contributed by atoms with Crippen molar-refractivity contribution < 1.29 is 4.74 Å². The molecule has 0 spiro atoms. The Morgan fingerprint density at radius 3 is 2.61 bits per heavy atom. The molecule has 2 rings (SSSR count). The molecular weight excluding hydrogens is 222 g/mol. The van der Waals surface area contributed by atoms with E-state index in [0.717, 1.165) is 25.6 Å². The van der Waals surface area contributed by atoms with Gasteiger partial charge < -0.3 is 10.1 Å². The maximum absolute atomic E-state index is 5.08. The lowest BCUT2D eigenvalue weighted by atomic mass is 9.91. The van der Waals surface area contributed by atoms with E-state index >= 15 is 0 Å². The summed E-state index contributed by atoms with van der Waals surface area (Å²) in [6, 6.07) is 6.94. The van der Waals surface area contributed by atoms with Gasteiger partial charge in [-0.15, -0.1) is 0 Å². The van der Waals surface area contributed by atoms with Crippen LogP contribution in [0.25, 0.3) is 0 Å². The smallest absolute Gasteiger partial charge is 0.0587 e. The summed E-state index contributed by atoms with van der Waals surface area (Å²) in [5, 5.41) is 3.53. The number of methoxy groups -OCH3 is 1. The molecule has 0 bridgehead atoms. The molecule has 2 nitrogen and oxygen atoms in total. The molecule has 1 aromatic carbocycles. The maximum Gasteiger partial charge on any atom is 0.0587 e. The Labute approximate surface area is 111 Å². The van der Waals surface area contributed by atoms with Crippen molar-refractivity contribution in [2.24, 2.45) is 5.92 Å². The Morgan fingerprint density at radius 1 is 1.33 bits per heavy atom. The van der Waals surface area contributed by atoms with Crippen LogP contribution in [0.3, 0.4) is 0 Å². The number of rotatable bonds is 6. The Balaban J connectivity index is 2.05. The van der Waals surface area contributed by atoms with E-state index in [4.69, 9.17) is 4.74 Å². The van der Waals surface area contributed by atoms with Crippen LogP contribution < -0.4 is 5.32 Å². The first-order valence-corrected chi connectivity index (χ1v) is 6.87. The summed E-state index contributed by atoms with van der Waals surface area (Å²) in [4.78, 5) is 0. The van der Waals surface area contributed by atoms with Gasteiger partial charge in [-0.2, -0.15) is 0 Å². The van der Waals surface area contributed by atoms with Crippen LogP contribution in [0.4, 0.5) is 0 Å². The van der Waals surface area contributed by atoms with Crippen LogP contribution >= 0.6 is 0 Å². The normalized spacial score (nSPS) is 26.3. The second-order valence-corrected chi connectivity index (χ2v) is 5.73. The summed E-state index contributed by atoms with van der Waals surface area (Å²) in [6.45, 7) is 9.54. The van der Waals surface area contributed by atoms with Crippen LogP contribution in [-0.2, 0) is 10.2 Å². The van der Waals surface area contributed by atoms with Crippen LogP contribution in [0, 0.1) is 19.8 Å². The number of hydrogen-bond acceptors (Lipinski definition) is 2. The summed E-state index contributed by atoms with van der Waals surface area (Å²) in [7, 11) is 1.75. The molecule has 1 N–H and O–H groups in total. The van der Waals surface area contributed by atoms with Gasteiger partial charge in [0.1, 0.15) is 0 Å². The van der Waals surface area contributed by atoms with Crippen LogP contribution in [-0.4, -0.2) is 26.8 Å². The summed E-state index contributed by atoms with van der Waals surface area (Å²) in [6.07, 6.45) is 1.30. The number of nitrogens with one attached hydrogen (secondary N) is 1. The van der Waals surface area contributed by atoms with Crippen molar-refractivity contribution in [3.8, 4) is 0 Å². The van der Waals surface area contributed by atoms with Crippen LogP contribution in [0.5, 0.6) is 0 Å². The van der Waals surface area contributed by atoms with Gasteiger partial charge in [0.25, 0.3) is 0 Å². The SMILES string of the molecule is COCCNCC1(c2ccc(C)c(C)c2)CC1C. The monoisotopic (exact) mass is 247 g/mol. The molecular formula is C16H25NO. The van der Waals surface area contributed by atoms with Gasteiger partial charge in [-0.1, -0.05) is 25.1 Å². The predicted octanol–water partition coefficient (Wildman–Crippen LogP) is 2.82. The molecule has 2 heteroatoms. The van der Waals surface area contributed by atoms with Crippen molar-refractivity contribution in [2.45, 2.75) is 32.6 Å². The van der Waals surface area contributed by atoms with Crippen molar-refractivity contribution in [3.63, 3.8) is 0 Å². The lowest BCUT2D eigenvalue weighted by Crippen LogP contribution is -2.30. The summed E-state index contributed by atoms with van der Waals surface area (Å²) < 4.78 is 5.08. The van der Waals surface area contributed by atoms with Crippen molar-refractivity contribution in [1.82, 2.24) is 5.32 Å². The van der Waals surface area contributed by atoms with Gasteiger partial charge in [0.2, 0.25) is 0 Å². The van der Waals surface area contributed by atoms with Gasteiger partial charge in [0.15, 0.2) is 0 Å². The van der Waals surface area contributed by atoms with E-state index in [2.05, 4.69) is 44.3 Å². The lowest BCUT2D eigenvalue weighted by molar-refractivity contribution is 0.198. The lowest BCUT2D eigenvalue weighted by Gasteiger charge is -2.19. The fourth-order valence-electron chi connectivity index (χ4n) is 2.78. The average Bonchev–Trinajstić information content (AvgIpc) is 3.00. The Hall–Kier alpha value is -0.860. The van der Waals surface area contributed by atoms with E-state index in [-0.39, 0.29) is 0 Å². The second-order valence-electron chi connectivity index (χ2n) is 5.73. The highest BCUT2D eigenvalue weighted by atomic mass is 16.5. The van der Waals surface area contributed by atoms with Crippen LogP contribution in [0.1, 0.15) is 30.0 Å². The first-order chi connectivity index (χ1) is 8.60. The third-order valence-corrected chi connectivity index (χ3v) is 4.46. The highest BCUT2D eigenvalue weighted by Gasteiger charge is 2.51. The summed E-state index contributed by atoms with van der Waals surface area (Å²) in [5.41, 5.74) is 4.66. The molecule has 2 atom stereocenters. The van der Waals surface area contributed by atoms with E-state index in [1.54, 1.807) is 7.11 Å². The number of benzene rings is 1. The van der Waals surface area contributed by atoms with Gasteiger partial charge in [-0.25, -0.2) is 0 Å². The third kappa shape index (κ3) is 2.60. The largest absolute Gasteiger partial charge is 0.383 e. The van der Waals surface area contributed by atoms with Crippen molar-refractivity contribution in [1.29, 1.82) is 0 Å². The van der Waals surface area contributed by atoms with Gasteiger partial charge in [-0.05, 0) is 42.9 Å². The van der Waals surface area contributed by atoms with E-state index < -0.39 is 0 Å². The Kier molecular flexibility index (Phi) is 4.08. The predicted molar refractivity (Wildman–Crippen MR) is 76.1 cm³/mol. The molecule has 1 aliphatic carbocycles. The zero-order valence-electron chi connectivity index (χ0n) is 12.0. The minimum Gasteiger partial charge on any atom is -0.383 e. The highest BCUT2D eigenvalue weighted by molar-refractivity contribution is 5.39. The molecule has 0 saturated heterocycles. The second kappa shape index (κ2) is 5.41. The van der Waals surface area contributed by atoms with Crippen molar-refractivity contribution >= 4 is 0 Å². The maximum atomic E-state index is 5.08. The minimum atomic E-state index is 0.367. The topological polar surface area (TPSA) is 21.3 Å². The molecule has 1 saturated carbocycles. The zero-order valence-corrected chi connectivity index (χ0v) is 12.0. The first-order valence-electron chi connectivity index (χ1n) is 6.87. The number of aryl methyl sites for hydroxylation is 2. The standard InChI is InChI=1S/C16H25NO/c1-12-5-6-15(9-13(12)2)16(10-14(16)3)11-17-7-8-18-4/h5-6,9,14,17H,7-8,10-11H2,1-4H3. The minimum absolute atomic E-state index is 0.367. The summed E-state index contributed by atoms with van der Waals surface area (Å²) >= 11 is 0. The van der Waals surface area contributed by atoms with E-state index in [0.29, 0.717) is 5.41 Å². The van der Waals surface area contributed by atoms with Gasteiger partial charge >= 0.3 is 0 Å². The van der Waals surface area contributed by atoms with Gasteiger partial charge in [0.05, 0.1) is 6.61 Å². The molecule has 1 aromatic rings. The first kappa shape index (κ1) is 13.6. The van der Waals surface area contributed by atoms with E-state index in [9.17, 15) is 0 Å². The molecule has 1 fully saturated rings. The van der Waals surface area contributed by atoms with Gasteiger partial charge in [0, 0.05) is 25.6 Å². The molecule has 0 radical (unpaired) electrons. The van der Waals surface area contributed by atoms with Crippen molar-refractivity contribution in [3.05, 3.63) is 34.9 Å². The molecule has 1 aliphatic rings. The third-order valence-electron chi connectivity index (χ3n) is 4.46. The summed E-state index contributed by atoms with van der Waals surface area (Å²) in [5.74, 6) is 0.787. The van der Waals surface area contributed by atoms with E-state index in [1.165, 1.54) is 23.1 Å². The quantitative estimate of drug-likeness (QED) is 0.781. The average molecular weight is 247 g/mol. The van der Waals surface area contributed by atoms with E-state index in [1.807, 2.05) is 0 Å². The highest BCUT2D eigenvalue weighted by Crippen LogP contribution is 2.53. The molecule has 0 aromatic heterocycles. The Bertz CT molecular complexity index is 416. The number of hydrogen-bond donors (Lipinski definition) is 1. The molecule has 0 heterocycles. The fraction of sp³-hybridized carbons (Fsp3) is 0.625. The molecule has 0 amide bonds. The molecule has 0 aliphatic heterocycles. The Morgan fingerprint density at radius 2 is 2.06 bits per heavy atom. The van der Waals surface area contributed by atoms with Gasteiger partial charge in [-0.3, -0.25) is 0 Å². The molecule has 18 heavy (non-hydrogen) atoms. The van der Waals surface area contributed by atoms with Crippen LogP contribution in [0.15, 0.2) is 18.2 Å². The number of ether oxygens (including phenoxy) is 1. The zero-order chi connectivity index (χ0) is 13.2. The fourth-order valence-corrected chi connectivity index (χ4v) is 2.78. The van der Waals surface area contributed by atoms with Crippen molar-refractivity contribution in [2.75, 3.05) is 26.8 Å².